The van der Waals surface area contributed by atoms with E-state index in [2.05, 4.69) is 15.3 Å². The molecule has 0 aliphatic heterocycles. The van der Waals surface area contributed by atoms with Crippen LogP contribution in [-0.4, -0.2) is 9.97 Å². The van der Waals surface area contributed by atoms with Gasteiger partial charge in [0.1, 0.15) is 10.7 Å². The standard InChI is InChI=1S/C19H16ClN3OS2/c1-11(21-9-12-4-2-5-13(20)8-12)17-22-18(24)16-14(10-26-19(16)23-17)15-6-3-7-25-15/h2-8,10-11,21H,9H2,1H3,(H,22,23,24)/t11-/m0/s1. The second-order valence-electron chi connectivity index (χ2n) is 5.99. The van der Waals surface area contributed by atoms with Crippen molar-refractivity contribution in [2.24, 2.45) is 0 Å². The third-order valence-corrected chi connectivity index (χ3v) is 6.17. The number of fused-ring (bicyclic) bond motifs is 1. The third-order valence-electron chi connectivity index (χ3n) is 4.16. The minimum Gasteiger partial charge on any atom is -0.309 e. The number of aromatic nitrogens is 2. The highest BCUT2D eigenvalue weighted by molar-refractivity contribution is 7.18. The van der Waals surface area contributed by atoms with Gasteiger partial charge in [-0.25, -0.2) is 4.98 Å². The van der Waals surface area contributed by atoms with Gasteiger partial charge in [-0.3, -0.25) is 4.79 Å². The molecule has 0 bridgehead atoms. The number of hydrogen-bond acceptors (Lipinski definition) is 5. The summed E-state index contributed by atoms with van der Waals surface area (Å²) >= 11 is 9.15. The molecule has 132 valence electrons. The van der Waals surface area contributed by atoms with Crippen LogP contribution in [0.1, 0.15) is 24.4 Å². The molecule has 1 atom stereocenters. The lowest BCUT2D eigenvalue weighted by Gasteiger charge is -2.13. The number of thiophene rings is 2. The molecule has 0 spiro atoms. The Morgan fingerprint density at radius 1 is 1.27 bits per heavy atom. The van der Waals surface area contributed by atoms with Crippen LogP contribution in [0.3, 0.4) is 0 Å². The lowest BCUT2D eigenvalue weighted by Crippen LogP contribution is -2.23. The van der Waals surface area contributed by atoms with E-state index < -0.39 is 0 Å². The smallest absolute Gasteiger partial charge is 0.260 e. The Morgan fingerprint density at radius 3 is 2.92 bits per heavy atom. The Bertz CT molecular complexity index is 1100. The minimum atomic E-state index is -0.0916. The molecule has 4 aromatic rings. The SMILES string of the molecule is C[C@H](NCc1cccc(Cl)c1)c1nc2scc(-c3cccs3)c2c(=O)[nH]1. The van der Waals surface area contributed by atoms with E-state index in [-0.39, 0.29) is 11.6 Å². The second kappa shape index (κ2) is 7.32. The molecular weight excluding hydrogens is 386 g/mol. The maximum Gasteiger partial charge on any atom is 0.260 e. The lowest BCUT2D eigenvalue weighted by atomic mass is 10.2. The van der Waals surface area contributed by atoms with E-state index in [1.165, 1.54) is 11.3 Å². The molecule has 0 amide bonds. The van der Waals surface area contributed by atoms with Crippen molar-refractivity contribution in [1.82, 2.24) is 15.3 Å². The summed E-state index contributed by atoms with van der Waals surface area (Å²) in [6.45, 7) is 2.64. The van der Waals surface area contributed by atoms with Crippen LogP contribution in [0.5, 0.6) is 0 Å². The van der Waals surface area contributed by atoms with E-state index in [1.54, 1.807) is 11.3 Å². The predicted octanol–water partition coefficient (Wildman–Crippen LogP) is 5.22. The van der Waals surface area contributed by atoms with Crippen LogP contribution in [0.25, 0.3) is 20.7 Å². The fourth-order valence-corrected chi connectivity index (χ4v) is 4.78. The summed E-state index contributed by atoms with van der Waals surface area (Å²) in [5.74, 6) is 0.643. The molecule has 0 saturated carbocycles. The first kappa shape index (κ1) is 17.4. The largest absolute Gasteiger partial charge is 0.309 e. The van der Waals surface area contributed by atoms with E-state index >= 15 is 0 Å². The van der Waals surface area contributed by atoms with Crippen LogP contribution in [0.2, 0.25) is 5.02 Å². The molecule has 3 heterocycles. The van der Waals surface area contributed by atoms with Gasteiger partial charge in [0.2, 0.25) is 0 Å². The number of rotatable bonds is 5. The molecule has 3 aromatic heterocycles. The van der Waals surface area contributed by atoms with E-state index in [9.17, 15) is 4.79 Å². The molecule has 0 radical (unpaired) electrons. The van der Waals surface area contributed by atoms with E-state index in [1.807, 2.05) is 54.1 Å². The fourth-order valence-electron chi connectivity index (χ4n) is 2.80. The van der Waals surface area contributed by atoms with Gasteiger partial charge in [0.05, 0.1) is 11.4 Å². The van der Waals surface area contributed by atoms with Crippen molar-refractivity contribution >= 4 is 44.5 Å². The van der Waals surface area contributed by atoms with Gasteiger partial charge in [0, 0.05) is 27.4 Å². The first-order chi connectivity index (χ1) is 12.6. The summed E-state index contributed by atoms with van der Waals surface area (Å²) in [6, 6.07) is 11.6. The second-order valence-corrected chi connectivity index (χ2v) is 8.23. The molecule has 4 nitrogen and oxygen atoms in total. The van der Waals surface area contributed by atoms with E-state index in [0.29, 0.717) is 22.8 Å². The summed E-state index contributed by atoms with van der Waals surface area (Å²) < 4.78 is 0. The van der Waals surface area contributed by atoms with Crippen molar-refractivity contribution in [2.75, 3.05) is 0 Å². The van der Waals surface area contributed by atoms with Crippen LogP contribution in [0.4, 0.5) is 0 Å². The summed E-state index contributed by atoms with van der Waals surface area (Å²) in [5, 5.41) is 8.78. The van der Waals surface area contributed by atoms with Gasteiger partial charge in [0.15, 0.2) is 0 Å². The van der Waals surface area contributed by atoms with Crippen molar-refractivity contribution in [3.8, 4) is 10.4 Å². The zero-order chi connectivity index (χ0) is 18.1. The first-order valence-corrected chi connectivity index (χ1v) is 10.3. The number of H-pyrrole nitrogens is 1. The quantitative estimate of drug-likeness (QED) is 0.482. The number of halogens is 1. The molecule has 2 N–H and O–H groups in total. The van der Waals surface area contributed by atoms with Gasteiger partial charge in [-0.2, -0.15) is 0 Å². The van der Waals surface area contributed by atoms with Crippen LogP contribution in [0.15, 0.2) is 52.0 Å². The first-order valence-electron chi connectivity index (χ1n) is 8.15. The van der Waals surface area contributed by atoms with Gasteiger partial charge < -0.3 is 10.3 Å². The highest BCUT2D eigenvalue weighted by atomic mass is 35.5. The molecular formula is C19H16ClN3OS2. The summed E-state index contributed by atoms with van der Waals surface area (Å²) in [5.41, 5.74) is 1.95. The molecule has 4 rings (SSSR count). The van der Waals surface area contributed by atoms with Crippen molar-refractivity contribution in [3.63, 3.8) is 0 Å². The molecule has 0 aliphatic carbocycles. The number of hydrogen-bond donors (Lipinski definition) is 2. The van der Waals surface area contributed by atoms with Gasteiger partial charge in [0.25, 0.3) is 5.56 Å². The Labute approximate surface area is 163 Å². The van der Waals surface area contributed by atoms with Crippen molar-refractivity contribution in [1.29, 1.82) is 0 Å². The molecule has 1 aromatic carbocycles. The minimum absolute atomic E-state index is 0.0848. The normalized spacial score (nSPS) is 12.5. The topological polar surface area (TPSA) is 57.8 Å². The number of benzene rings is 1. The lowest BCUT2D eigenvalue weighted by molar-refractivity contribution is 0.547. The van der Waals surface area contributed by atoms with Crippen LogP contribution in [0, 0.1) is 0 Å². The molecule has 0 saturated heterocycles. The Hall–Kier alpha value is -1.99. The molecule has 0 aliphatic rings. The van der Waals surface area contributed by atoms with Crippen LogP contribution < -0.4 is 10.9 Å². The predicted molar refractivity (Wildman–Crippen MR) is 110 cm³/mol. The Balaban J connectivity index is 1.60. The van der Waals surface area contributed by atoms with Crippen LogP contribution in [-0.2, 0) is 6.54 Å². The maximum atomic E-state index is 12.7. The monoisotopic (exact) mass is 401 g/mol. The van der Waals surface area contributed by atoms with Gasteiger partial charge in [-0.1, -0.05) is 29.8 Å². The van der Waals surface area contributed by atoms with Gasteiger partial charge >= 0.3 is 0 Å². The zero-order valence-corrected chi connectivity index (χ0v) is 16.3. The van der Waals surface area contributed by atoms with Crippen molar-refractivity contribution in [2.45, 2.75) is 19.5 Å². The Kier molecular flexibility index (Phi) is 4.91. The average molecular weight is 402 g/mol. The molecule has 7 heteroatoms. The average Bonchev–Trinajstić information content (AvgIpc) is 3.29. The molecule has 0 unspecified atom stereocenters. The highest BCUT2D eigenvalue weighted by Gasteiger charge is 2.16. The summed E-state index contributed by atoms with van der Waals surface area (Å²) in [6.07, 6.45) is 0. The van der Waals surface area contributed by atoms with Gasteiger partial charge in [-0.15, -0.1) is 22.7 Å². The number of aromatic amines is 1. The molecule has 26 heavy (non-hydrogen) atoms. The maximum absolute atomic E-state index is 12.7. The Morgan fingerprint density at radius 2 is 2.15 bits per heavy atom. The summed E-state index contributed by atoms with van der Waals surface area (Å²) in [7, 11) is 0. The summed E-state index contributed by atoms with van der Waals surface area (Å²) in [4.78, 5) is 22.1. The molecule has 0 fully saturated rings. The van der Waals surface area contributed by atoms with Crippen molar-refractivity contribution < 1.29 is 0 Å². The number of nitrogens with zero attached hydrogens (tertiary/aromatic N) is 1. The van der Waals surface area contributed by atoms with Crippen molar-refractivity contribution in [3.05, 3.63) is 73.9 Å². The number of nitrogens with one attached hydrogen (secondary N) is 2. The van der Waals surface area contributed by atoms with E-state index in [0.717, 1.165) is 20.8 Å². The van der Waals surface area contributed by atoms with Gasteiger partial charge in [-0.05, 0) is 36.1 Å². The fraction of sp³-hybridized carbons (Fsp3) is 0.158. The van der Waals surface area contributed by atoms with E-state index in [4.69, 9.17) is 11.6 Å². The van der Waals surface area contributed by atoms with Crippen LogP contribution >= 0.6 is 34.3 Å². The highest BCUT2D eigenvalue weighted by Crippen LogP contribution is 2.33. The third kappa shape index (κ3) is 3.46. The zero-order valence-electron chi connectivity index (χ0n) is 14.0.